The van der Waals surface area contributed by atoms with Crippen LogP contribution in [0.25, 0.3) is 6.08 Å². The number of hydrogen-bond acceptors (Lipinski definition) is 3. The monoisotopic (exact) mass is 342 g/mol. The molecule has 0 heterocycles. The second-order valence-electron chi connectivity index (χ2n) is 5.94. The van der Waals surface area contributed by atoms with E-state index in [-0.39, 0.29) is 22.5 Å². The Morgan fingerprint density at radius 1 is 1.25 bits per heavy atom. The highest BCUT2D eigenvalue weighted by atomic mass is 35.5. The Bertz CT molecular complexity index is 781. The molecule has 2 aromatic carbocycles. The number of ether oxygens (including phenoxy) is 1. The van der Waals surface area contributed by atoms with Crippen LogP contribution in [0.5, 0.6) is 11.5 Å². The Balaban J connectivity index is 1.93. The minimum atomic E-state index is -0.0848. The minimum absolute atomic E-state index is 0.0827. The number of ketones is 1. The number of benzene rings is 2. The van der Waals surface area contributed by atoms with Crippen molar-refractivity contribution >= 4 is 23.5 Å². The summed E-state index contributed by atoms with van der Waals surface area (Å²) in [4.78, 5) is 12.9. The van der Waals surface area contributed by atoms with Crippen LogP contribution in [0.4, 0.5) is 0 Å². The molecule has 1 fully saturated rings. The van der Waals surface area contributed by atoms with Gasteiger partial charge in [-0.1, -0.05) is 41.9 Å². The van der Waals surface area contributed by atoms with Crippen molar-refractivity contribution in [3.8, 4) is 11.5 Å². The van der Waals surface area contributed by atoms with Gasteiger partial charge >= 0.3 is 0 Å². The van der Waals surface area contributed by atoms with Gasteiger partial charge in [0, 0.05) is 5.92 Å². The molecule has 4 heteroatoms. The zero-order chi connectivity index (χ0) is 17.1. The number of rotatable bonds is 3. The Kier molecular flexibility index (Phi) is 4.91. The summed E-state index contributed by atoms with van der Waals surface area (Å²) >= 11 is 6.03. The van der Waals surface area contributed by atoms with Gasteiger partial charge in [-0.05, 0) is 54.2 Å². The molecule has 0 saturated heterocycles. The van der Waals surface area contributed by atoms with E-state index < -0.39 is 0 Å². The first-order valence-electron chi connectivity index (χ1n) is 7.96. The molecule has 1 saturated carbocycles. The maximum absolute atomic E-state index is 12.9. The van der Waals surface area contributed by atoms with E-state index in [1.165, 1.54) is 7.11 Å². The number of methoxy groups -OCH3 is 1. The van der Waals surface area contributed by atoms with Crippen molar-refractivity contribution in [2.75, 3.05) is 7.11 Å². The van der Waals surface area contributed by atoms with Crippen molar-refractivity contribution in [1.82, 2.24) is 0 Å². The lowest BCUT2D eigenvalue weighted by Gasteiger charge is -2.23. The van der Waals surface area contributed by atoms with Gasteiger partial charge in [0.05, 0.1) is 12.1 Å². The molecule has 3 rings (SSSR count). The van der Waals surface area contributed by atoms with Crippen molar-refractivity contribution < 1.29 is 14.6 Å². The Hall–Kier alpha value is -2.26. The van der Waals surface area contributed by atoms with Crippen LogP contribution in [0.1, 0.15) is 36.3 Å². The van der Waals surface area contributed by atoms with Crippen LogP contribution in [-0.4, -0.2) is 18.0 Å². The summed E-state index contributed by atoms with van der Waals surface area (Å²) in [5.74, 6) is 0.298. The van der Waals surface area contributed by atoms with E-state index in [4.69, 9.17) is 16.3 Å². The first-order chi connectivity index (χ1) is 11.6. The first-order valence-corrected chi connectivity index (χ1v) is 8.34. The molecule has 2 aromatic rings. The predicted molar refractivity (Wildman–Crippen MR) is 95.7 cm³/mol. The Labute approximate surface area is 146 Å². The molecule has 0 spiro atoms. The van der Waals surface area contributed by atoms with Gasteiger partial charge in [-0.3, -0.25) is 4.79 Å². The van der Waals surface area contributed by atoms with Gasteiger partial charge in [0.1, 0.15) is 0 Å². The Morgan fingerprint density at radius 2 is 2.00 bits per heavy atom. The van der Waals surface area contributed by atoms with Gasteiger partial charge in [0.25, 0.3) is 0 Å². The second kappa shape index (κ2) is 7.10. The maximum Gasteiger partial charge on any atom is 0.176 e. The van der Waals surface area contributed by atoms with Gasteiger partial charge in [-0.2, -0.15) is 0 Å². The van der Waals surface area contributed by atoms with E-state index in [2.05, 4.69) is 0 Å². The average molecular weight is 343 g/mol. The quantitative estimate of drug-likeness (QED) is 0.801. The largest absolute Gasteiger partial charge is 0.503 e. The van der Waals surface area contributed by atoms with Gasteiger partial charge in [-0.15, -0.1) is 0 Å². The predicted octanol–water partition coefficient (Wildman–Crippen LogP) is 4.97. The molecule has 1 aliphatic carbocycles. The number of phenolic OH excluding ortho intramolecular Hbond substituents is 1. The van der Waals surface area contributed by atoms with E-state index in [9.17, 15) is 9.90 Å². The molecule has 0 radical (unpaired) electrons. The summed E-state index contributed by atoms with van der Waals surface area (Å²) in [6, 6.07) is 13.2. The highest BCUT2D eigenvalue weighted by Gasteiger charge is 2.27. The van der Waals surface area contributed by atoms with Gasteiger partial charge < -0.3 is 9.84 Å². The van der Waals surface area contributed by atoms with Crippen LogP contribution in [-0.2, 0) is 4.79 Å². The molecule has 1 atom stereocenters. The summed E-state index contributed by atoms with van der Waals surface area (Å²) in [6.07, 6.45) is 4.45. The van der Waals surface area contributed by atoms with Gasteiger partial charge in [-0.25, -0.2) is 0 Å². The Morgan fingerprint density at radius 3 is 2.71 bits per heavy atom. The molecular weight excluding hydrogens is 324 g/mol. The number of aromatic hydroxyl groups is 1. The van der Waals surface area contributed by atoms with E-state index in [0.29, 0.717) is 5.75 Å². The number of carbonyl (C=O) groups is 1. The summed E-state index contributed by atoms with van der Waals surface area (Å²) in [6.45, 7) is 0. The first kappa shape index (κ1) is 16.6. The van der Waals surface area contributed by atoms with Crippen LogP contribution < -0.4 is 4.74 Å². The van der Waals surface area contributed by atoms with Crippen molar-refractivity contribution in [2.24, 2.45) is 0 Å². The van der Waals surface area contributed by atoms with E-state index in [1.54, 1.807) is 12.1 Å². The lowest BCUT2D eigenvalue weighted by Crippen LogP contribution is -2.19. The fourth-order valence-electron chi connectivity index (χ4n) is 3.16. The molecule has 3 nitrogen and oxygen atoms in total. The number of halogens is 1. The molecule has 0 bridgehead atoms. The fraction of sp³-hybridized carbons (Fsp3) is 0.250. The van der Waals surface area contributed by atoms with Gasteiger partial charge in [0.2, 0.25) is 0 Å². The summed E-state index contributed by atoms with van der Waals surface area (Å²) < 4.78 is 5.12. The van der Waals surface area contributed by atoms with Crippen molar-refractivity contribution in [1.29, 1.82) is 0 Å². The normalized spacial score (nSPS) is 19.5. The molecule has 1 N–H and O–H groups in total. The standard InChI is InChI=1S/C20H19ClO3/c1-24-18-12-13(11-17(21)20(18)23)10-15-8-5-9-16(19(15)22)14-6-3-2-4-7-14/h2-4,6-7,10-12,16,23H,5,8-9H2,1H3/b15-10+/t16-/m1/s1. The van der Waals surface area contributed by atoms with Crippen LogP contribution in [0.2, 0.25) is 5.02 Å². The average Bonchev–Trinajstić information content (AvgIpc) is 2.60. The third-order valence-electron chi connectivity index (χ3n) is 4.39. The second-order valence-corrected chi connectivity index (χ2v) is 6.35. The van der Waals surface area contributed by atoms with Crippen LogP contribution >= 0.6 is 11.6 Å². The number of allylic oxidation sites excluding steroid dienone is 1. The van der Waals surface area contributed by atoms with Crippen molar-refractivity contribution in [2.45, 2.75) is 25.2 Å². The van der Waals surface area contributed by atoms with Crippen LogP contribution in [0, 0.1) is 0 Å². The van der Waals surface area contributed by atoms with Crippen LogP contribution in [0.15, 0.2) is 48.0 Å². The molecule has 0 amide bonds. The minimum Gasteiger partial charge on any atom is -0.503 e. The van der Waals surface area contributed by atoms with Crippen molar-refractivity contribution in [3.05, 3.63) is 64.2 Å². The molecule has 1 aliphatic rings. The lowest BCUT2D eigenvalue weighted by atomic mass is 9.79. The molecular formula is C20H19ClO3. The smallest absolute Gasteiger partial charge is 0.176 e. The number of hydrogen-bond donors (Lipinski definition) is 1. The number of Topliss-reactive ketones (excluding diaryl/α,β-unsaturated/α-hetero) is 1. The zero-order valence-electron chi connectivity index (χ0n) is 13.5. The third kappa shape index (κ3) is 3.31. The van der Waals surface area contributed by atoms with E-state index in [0.717, 1.165) is 36.0 Å². The molecule has 24 heavy (non-hydrogen) atoms. The topological polar surface area (TPSA) is 46.5 Å². The summed E-state index contributed by atoms with van der Waals surface area (Å²) in [5.41, 5.74) is 2.61. The van der Waals surface area contributed by atoms with E-state index >= 15 is 0 Å². The lowest BCUT2D eigenvalue weighted by molar-refractivity contribution is -0.117. The number of phenols is 1. The molecule has 0 aromatic heterocycles. The molecule has 0 aliphatic heterocycles. The highest BCUT2D eigenvalue weighted by molar-refractivity contribution is 6.32. The van der Waals surface area contributed by atoms with Gasteiger partial charge in [0.15, 0.2) is 17.3 Å². The zero-order valence-corrected chi connectivity index (χ0v) is 14.2. The summed E-state index contributed by atoms with van der Waals surface area (Å²) in [5, 5.41) is 10.0. The molecule has 124 valence electrons. The maximum atomic E-state index is 12.9. The van der Waals surface area contributed by atoms with E-state index in [1.807, 2.05) is 36.4 Å². The molecule has 0 unspecified atom stereocenters. The fourth-order valence-corrected chi connectivity index (χ4v) is 3.37. The summed E-state index contributed by atoms with van der Waals surface area (Å²) in [7, 11) is 1.47. The SMILES string of the molecule is COc1cc(/C=C2\CCC[C@H](c3ccccc3)C2=O)cc(Cl)c1O. The van der Waals surface area contributed by atoms with Crippen molar-refractivity contribution in [3.63, 3.8) is 0 Å². The highest BCUT2D eigenvalue weighted by Crippen LogP contribution is 2.37. The third-order valence-corrected chi connectivity index (χ3v) is 4.67. The van der Waals surface area contributed by atoms with Crippen LogP contribution in [0.3, 0.4) is 0 Å². The number of carbonyl (C=O) groups excluding carboxylic acids is 1.